The fraction of sp³-hybridized carbons (Fsp3) is 0.483. The molecule has 0 radical (unpaired) electrons. The van der Waals surface area contributed by atoms with Crippen LogP contribution in [0.25, 0.3) is 5.52 Å². The van der Waals surface area contributed by atoms with Gasteiger partial charge in [-0.15, -0.1) is 12.4 Å². The molecule has 0 bridgehead atoms. The molecule has 0 N–H and O–H groups in total. The number of nitrogens with zero attached hydrogens (tertiary/aromatic N) is 2. The molecule has 0 unspecified atom stereocenters. The maximum Gasteiger partial charge on any atom is 0.210 e. The molecule has 3 aromatic rings. The smallest absolute Gasteiger partial charge is 0.210 e. The summed E-state index contributed by atoms with van der Waals surface area (Å²) in [6, 6.07) is 14.8. The summed E-state index contributed by atoms with van der Waals surface area (Å²) >= 11 is 0. The van der Waals surface area contributed by atoms with E-state index in [0.717, 1.165) is 68.4 Å². The summed E-state index contributed by atoms with van der Waals surface area (Å²) in [4.78, 5) is 16.1. The van der Waals surface area contributed by atoms with E-state index in [1.54, 1.807) is 0 Å². The Morgan fingerprint density at radius 1 is 0.848 bits per heavy atom. The molecule has 1 aromatic carbocycles. The van der Waals surface area contributed by atoms with Crippen LogP contribution in [0, 0.1) is 0 Å². The van der Waals surface area contributed by atoms with E-state index in [4.69, 9.17) is 0 Å². The van der Waals surface area contributed by atoms with Crippen molar-refractivity contribution in [3.8, 4) is 0 Å². The zero-order chi connectivity index (χ0) is 22.9. The Hall–Kier alpha value is -2.10. The Morgan fingerprint density at radius 3 is 2.21 bits per heavy atom. The first-order valence-electron chi connectivity index (χ1n) is 12.6. The number of benzene rings is 1. The number of hydrogen-bond donors (Lipinski definition) is 0. The summed E-state index contributed by atoms with van der Waals surface area (Å²) < 4.78 is 2.12. The van der Waals surface area contributed by atoms with Crippen molar-refractivity contribution in [2.24, 2.45) is 0 Å². The van der Waals surface area contributed by atoms with Gasteiger partial charge in [-0.25, -0.2) is 0 Å². The molecule has 0 fully saturated rings. The monoisotopic (exact) mass is 468 g/mol. The molecule has 4 heteroatoms. The minimum atomic E-state index is 0. The number of carbonyl (C=O) groups excluding carboxylic acids is 1. The summed E-state index contributed by atoms with van der Waals surface area (Å²) in [5, 5.41) is 0. The van der Waals surface area contributed by atoms with Gasteiger partial charge in [-0.2, -0.15) is 0 Å². The van der Waals surface area contributed by atoms with Gasteiger partial charge in [0.2, 0.25) is 5.78 Å². The second kappa shape index (κ2) is 13.6. The highest BCUT2D eigenvalue weighted by atomic mass is 35.5. The van der Waals surface area contributed by atoms with Crippen LogP contribution in [-0.4, -0.2) is 34.7 Å². The number of carbonyl (C=O) groups is 1. The highest BCUT2D eigenvalue weighted by Gasteiger charge is 2.19. The molecule has 0 spiro atoms. The number of hydrogen-bond acceptors (Lipinski definition) is 2. The van der Waals surface area contributed by atoms with Crippen molar-refractivity contribution >= 4 is 23.7 Å². The summed E-state index contributed by atoms with van der Waals surface area (Å²) in [5.41, 5.74) is 6.48. The zero-order valence-corrected chi connectivity index (χ0v) is 21.7. The fourth-order valence-corrected chi connectivity index (χ4v) is 4.50. The average molecular weight is 469 g/mol. The molecule has 3 rings (SSSR count). The Morgan fingerprint density at radius 2 is 1.58 bits per heavy atom. The van der Waals surface area contributed by atoms with E-state index in [1.165, 1.54) is 29.7 Å². The normalized spacial score (nSPS) is 11.2. The van der Waals surface area contributed by atoms with E-state index >= 15 is 0 Å². The molecule has 180 valence electrons. The zero-order valence-electron chi connectivity index (χ0n) is 20.9. The Balaban J connectivity index is 0.00000385. The number of fused-ring (bicyclic) bond motifs is 1. The third kappa shape index (κ3) is 6.94. The maximum absolute atomic E-state index is 13.6. The summed E-state index contributed by atoms with van der Waals surface area (Å²) in [6.07, 6.45) is 9.71. The van der Waals surface area contributed by atoms with E-state index in [9.17, 15) is 4.79 Å². The lowest BCUT2D eigenvalue weighted by Crippen LogP contribution is -2.25. The van der Waals surface area contributed by atoms with Crippen molar-refractivity contribution in [2.45, 2.75) is 72.6 Å². The molecule has 0 atom stereocenters. The highest BCUT2D eigenvalue weighted by Crippen LogP contribution is 2.23. The molecule has 0 aliphatic heterocycles. The molecule has 0 aliphatic rings. The topological polar surface area (TPSA) is 24.7 Å². The van der Waals surface area contributed by atoms with Crippen molar-refractivity contribution in [1.82, 2.24) is 9.30 Å². The van der Waals surface area contributed by atoms with E-state index < -0.39 is 0 Å². The van der Waals surface area contributed by atoms with Gasteiger partial charge in [0.1, 0.15) is 0 Å². The van der Waals surface area contributed by atoms with Gasteiger partial charge in [-0.1, -0.05) is 64.4 Å². The van der Waals surface area contributed by atoms with Gasteiger partial charge >= 0.3 is 0 Å². The first-order chi connectivity index (χ1) is 15.6. The maximum atomic E-state index is 13.6. The van der Waals surface area contributed by atoms with Crippen molar-refractivity contribution in [3.63, 3.8) is 0 Å². The number of unbranched alkanes of at least 4 members (excludes halogenated alkanes) is 1. The van der Waals surface area contributed by atoms with E-state index in [-0.39, 0.29) is 18.2 Å². The van der Waals surface area contributed by atoms with E-state index in [1.807, 2.05) is 12.1 Å². The van der Waals surface area contributed by atoms with E-state index in [0.29, 0.717) is 0 Å². The average Bonchev–Trinajstić information content (AvgIpc) is 3.19. The lowest BCUT2D eigenvalue weighted by molar-refractivity contribution is 0.103. The van der Waals surface area contributed by atoms with Crippen LogP contribution >= 0.6 is 12.4 Å². The van der Waals surface area contributed by atoms with Gasteiger partial charge in [-0.05, 0) is 87.0 Å². The van der Waals surface area contributed by atoms with E-state index in [2.05, 4.69) is 73.5 Å². The van der Waals surface area contributed by atoms with Gasteiger partial charge in [0.05, 0.1) is 5.69 Å². The molecular formula is C29H41ClN2O. The predicted octanol–water partition coefficient (Wildman–Crippen LogP) is 7.16. The molecular weight excluding hydrogens is 428 g/mol. The lowest BCUT2D eigenvalue weighted by atomic mass is 10.00. The van der Waals surface area contributed by atoms with Gasteiger partial charge in [-0.3, -0.25) is 4.79 Å². The van der Waals surface area contributed by atoms with Gasteiger partial charge in [0, 0.05) is 17.3 Å². The van der Waals surface area contributed by atoms with Gasteiger partial charge in [0.15, 0.2) is 0 Å². The molecule has 0 aliphatic carbocycles. The van der Waals surface area contributed by atoms with Crippen LogP contribution in [0.5, 0.6) is 0 Å². The predicted molar refractivity (Wildman–Crippen MR) is 143 cm³/mol. The lowest BCUT2D eigenvalue weighted by Gasteiger charge is -2.19. The van der Waals surface area contributed by atoms with Gasteiger partial charge < -0.3 is 9.30 Å². The van der Waals surface area contributed by atoms with Crippen LogP contribution in [0.3, 0.4) is 0 Å². The quantitative estimate of drug-likeness (QED) is 0.248. The standard InChI is InChI=1S/C29H40N2O.ClH/c1-5-9-12-26-21-27-18-15-23(7-3)22-31(27)28(26)29(32)25-16-13-24(14-17-25)11-10-20-30(8-4)19-6-2;/h13-18,21-22H,5-12,19-20H2,1-4H3;1H. The fourth-order valence-electron chi connectivity index (χ4n) is 4.50. The summed E-state index contributed by atoms with van der Waals surface area (Å²) in [5.74, 6) is 0.135. The minimum absolute atomic E-state index is 0. The number of rotatable bonds is 13. The van der Waals surface area contributed by atoms with Gasteiger partial charge in [0.25, 0.3) is 0 Å². The third-order valence-electron chi connectivity index (χ3n) is 6.47. The summed E-state index contributed by atoms with van der Waals surface area (Å²) in [7, 11) is 0. The van der Waals surface area contributed by atoms with Crippen molar-refractivity contribution in [1.29, 1.82) is 0 Å². The number of halogens is 1. The van der Waals surface area contributed by atoms with Crippen molar-refractivity contribution < 1.29 is 4.79 Å². The SMILES string of the molecule is CCCCc1cc2ccc(CC)cn2c1C(=O)c1ccc(CCCN(CC)CCC)cc1.Cl. The largest absolute Gasteiger partial charge is 0.313 e. The molecule has 0 saturated carbocycles. The van der Waals surface area contributed by atoms with Crippen molar-refractivity contribution in [2.75, 3.05) is 19.6 Å². The highest BCUT2D eigenvalue weighted by molar-refractivity contribution is 6.09. The first kappa shape index (κ1) is 27.1. The molecule has 2 aromatic heterocycles. The molecule has 2 heterocycles. The number of pyridine rings is 1. The summed E-state index contributed by atoms with van der Waals surface area (Å²) in [6.45, 7) is 12.3. The Kier molecular flexibility index (Phi) is 11.2. The van der Waals surface area contributed by atoms with Crippen LogP contribution in [-0.2, 0) is 19.3 Å². The Bertz CT molecular complexity index is 1010. The number of aryl methyl sites for hydroxylation is 3. The van der Waals surface area contributed by atoms with Crippen molar-refractivity contribution in [3.05, 3.63) is 76.6 Å². The number of ketones is 1. The molecule has 0 saturated heterocycles. The minimum Gasteiger partial charge on any atom is -0.313 e. The first-order valence-corrected chi connectivity index (χ1v) is 12.6. The molecule has 0 amide bonds. The van der Waals surface area contributed by atoms with Crippen LogP contribution in [0.1, 0.15) is 86.1 Å². The van der Waals surface area contributed by atoms with Crippen LogP contribution < -0.4 is 0 Å². The van der Waals surface area contributed by atoms with Crippen LogP contribution in [0.15, 0.2) is 48.7 Å². The second-order valence-corrected chi connectivity index (χ2v) is 8.87. The van der Waals surface area contributed by atoms with Crippen LogP contribution in [0.4, 0.5) is 0 Å². The molecule has 33 heavy (non-hydrogen) atoms. The van der Waals surface area contributed by atoms with Crippen LogP contribution in [0.2, 0.25) is 0 Å². The Labute approximate surface area is 206 Å². The molecule has 3 nitrogen and oxygen atoms in total. The third-order valence-corrected chi connectivity index (χ3v) is 6.47. The number of aromatic nitrogens is 1. The second-order valence-electron chi connectivity index (χ2n) is 8.87.